The van der Waals surface area contributed by atoms with Crippen LogP contribution in [0.15, 0.2) is 12.5 Å². The van der Waals surface area contributed by atoms with E-state index in [1.165, 1.54) is 6.26 Å². The monoisotopic (exact) mass is 260 g/mol. The molecule has 1 aromatic rings. The maximum absolute atomic E-state index is 11.0. The van der Waals surface area contributed by atoms with Gasteiger partial charge in [0.2, 0.25) is 0 Å². The van der Waals surface area contributed by atoms with E-state index in [2.05, 4.69) is 4.98 Å². The van der Waals surface area contributed by atoms with E-state index in [1.54, 1.807) is 6.33 Å². The second-order valence-corrected chi connectivity index (χ2v) is 6.52. The van der Waals surface area contributed by atoms with E-state index in [4.69, 9.17) is 5.73 Å². The van der Waals surface area contributed by atoms with Crippen LogP contribution in [0.25, 0.3) is 0 Å². The van der Waals surface area contributed by atoms with Gasteiger partial charge in [0, 0.05) is 38.6 Å². The lowest BCUT2D eigenvalue weighted by atomic mass is 10.4. The molecule has 0 radical (unpaired) electrons. The van der Waals surface area contributed by atoms with E-state index in [9.17, 15) is 8.42 Å². The molecule has 0 saturated heterocycles. The molecule has 2 N–H and O–H groups in total. The normalized spacial score (nSPS) is 12.2. The maximum atomic E-state index is 11.0. The van der Waals surface area contributed by atoms with Gasteiger partial charge in [0.1, 0.15) is 9.84 Å². The first-order valence-corrected chi connectivity index (χ1v) is 7.54. The number of sulfone groups is 1. The van der Waals surface area contributed by atoms with Gasteiger partial charge in [0.15, 0.2) is 0 Å². The Morgan fingerprint density at radius 1 is 1.53 bits per heavy atom. The first-order chi connectivity index (χ1) is 7.90. The number of nitrogens with two attached hydrogens (primary N) is 1. The van der Waals surface area contributed by atoms with Crippen LogP contribution < -0.4 is 5.73 Å². The van der Waals surface area contributed by atoms with Gasteiger partial charge < -0.3 is 10.3 Å². The van der Waals surface area contributed by atoms with E-state index in [1.807, 2.05) is 22.7 Å². The van der Waals surface area contributed by atoms with E-state index in [0.29, 0.717) is 19.6 Å². The summed E-state index contributed by atoms with van der Waals surface area (Å²) in [6.07, 6.45) is 4.92. The van der Waals surface area contributed by atoms with Crippen molar-refractivity contribution in [1.82, 2.24) is 14.5 Å². The fourth-order valence-corrected chi connectivity index (χ4v) is 2.08. The van der Waals surface area contributed by atoms with Crippen LogP contribution in [0.2, 0.25) is 0 Å². The molecule has 1 rings (SSSR count). The van der Waals surface area contributed by atoms with Crippen molar-refractivity contribution in [3.05, 3.63) is 18.2 Å². The molecular formula is C10H20N4O2S. The minimum atomic E-state index is -2.90. The van der Waals surface area contributed by atoms with Crippen molar-refractivity contribution in [2.75, 3.05) is 32.1 Å². The third-order valence-corrected chi connectivity index (χ3v) is 3.27. The highest BCUT2D eigenvalue weighted by atomic mass is 32.2. The van der Waals surface area contributed by atoms with Crippen molar-refractivity contribution >= 4 is 9.84 Å². The molecule has 17 heavy (non-hydrogen) atoms. The van der Waals surface area contributed by atoms with Gasteiger partial charge in [-0.2, -0.15) is 0 Å². The summed E-state index contributed by atoms with van der Waals surface area (Å²) in [6, 6.07) is 0. The molecule has 1 heterocycles. The van der Waals surface area contributed by atoms with Crippen LogP contribution in [0.4, 0.5) is 0 Å². The molecule has 98 valence electrons. The molecule has 0 atom stereocenters. The molecule has 0 spiro atoms. The lowest BCUT2D eigenvalue weighted by molar-refractivity contribution is 0.342. The number of hydrogen-bond acceptors (Lipinski definition) is 5. The molecule has 0 amide bonds. The summed E-state index contributed by atoms with van der Waals surface area (Å²) in [5.41, 5.74) is 6.37. The molecular weight excluding hydrogens is 240 g/mol. The van der Waals surface area contributed by atoms with Crippen molar-refractivity contribution in [3.8, 4) is 0 Å². The van der Waals surface area contributed by atoms with Crippen LogP contribution in [0, 0.1) is 0 Å². The molecule has 0 aromatic carbocycles. The number of rotatable bonds is 7. The summed E-state index contributed by atoms with van der Waals surface area (Å²) in [5.74, 6) is 0.174. The molecule has 0 aliphatic rings. The molecule has 0 bridgehead atoms. The zero-order valence-corrected chi connectivity index (χ0v) is 11.2. The second kappa shape index (κ2) is 6.13. The van der Waals surface area contributed by atoms with Crippen LogP contribution >= 0.6 is 0 Å². The molecule has 0 saturated carbocycles. The number of aromatic nitrogens is 2. The Bertz CT molecular complexity index is 441. The summed E-state index contributed by atoms with van der Waals surface area (Å²) in [4.78, 5) is 6.18. The number of nitrogens with zero attached hydrogens (tertiary/aromatic N) is 3. The van der Waals surface area contributed by atoms with Crippen LogP contribution in [0.5, 0.6) is 0 Å². The van der Waals surface area contributed by atoms with E-state index < -0.39 is 9.84 Å². The Morgan fingerprint density at radius 3 is 2.82 bits per heavy atom. The molecule has 1 aromatic heterocycles. The van der Waals surface area contributed by atoms with Gasteiger partial charge >= 0.3 is 0 Å². The predicted octanol–water partition coefficient (Wildman–Crippen LogP) is -0.682. The smallest absolute Gasteiger partial charge is 0.148 e. The van der Waals surface area contributed by atoms with Crippen molar-refractivity contribution in [2.24, 2.45) is 5.73 Å². The van der Waals surface area contributed by atoms with Gasteiger partial charge in [-0.15, -0.1) is 0 Å². The fourth-order valence-electron chi connectivity index (χ4n) is 1.44. The molecule has 0 aliphatic heterocycles. The predicted molar refractivity (Wildman–Crippen MR) is 67.3 cm³/mol. The maximum Gasteiger partial charge on any atom is 0.148 e. The molecule has 7 heteroatoms. The Hall–Kier alpha value is -0.920. The number of hydrogen-bond donors (Lipinski definition) is 1. The van der Waals surface area contributed by atoms with Crippen LogP contribution in [0.3, 0.4) is 0 Å². The summed E-state index contributed by atoms with van der Waals surface area (Å²) < 4.78 is 24.0. The van der Waals surface area contributed by atoms with E-state index >= 15 is 0 Å². The SMILES string of the molecule is CN(CCS(C)(=O)=O)Cc1cn(CCN)cn1. The van der Waals surface area contributed by atoms with Crippen molar-refractivity contribution in [2.45, 2.75) is 13.1 Å². The van der Waals surface area contributed by atoms with Crippen LogP contribution in [-0.4, -0.2) is 55.0 Å². The quantitative estimate of drug-likeness (QED) is 0.702. The van der Waals surface area contributed by atoms with Gasteiger partial charge in [-0.05, 0) is 7.05 Å². The highest BCUT2D eigenvalue weighted by Gasteiger charge is 2.07. The van der Waals surface area contributed by atoms with Crippen molar-refractivity contribution in [1.29, 1.82) is 0 Å². The van der Waals surface area contributed by atoms with Gasteiger partial charge in [-0.3, -0.25) is 4.90 Å². The largest absolute Gasteiger partial charge is 0.336 e. The Balaban J connectivity index is 2.42. The van der Waals surface area contributed by atoms with E-state index in [0.717, 1.165) is 12.2 Å². The molecule has 0 aliphatic carbocycles. The summed E-state index contributed by atoms with van der Waals surface area (Å²) in [7, 11) is -1.02. The van der Waals surface area contributed by atoms with Crippen molar-refractivity contribution < 1.29 is 8.42 Å². The standard InChI is InChI=1S/C10H20N4O2S/c1-13(5-6-17(2,15)16)7-10-8-14(4-3-11)9-12-10/h8-9H,3-7,11H2,1-2H3. The van der Waals surface area contributed by atoms with Gasteiger partial charge in [0.05, 0.1) is 17.8 Å². The summed E-state index contributed by atoms with van der Waals surface area (Å²) in [6.45, 7) is 2.50. The number of imidazole rings is 1. The molecule has 6 nitrogen and oxygen atoms in total. The Morgan fingerprint density at radius 2 is 2.24 bits per heavy atom. The third kappa shape index (κ3) is 5.81. The Kier molecular flexibility index (Phi) is 5.10. The van der Waals surface area contributed by atoms with Gasteiger partial charge in [-0.1, -0.05) is 0 Å². The highest BCUT2D eigenvalue weighted by Crippen LogP contribution is 2.00. The van der Waals surface area contributed by atoms with Crippen LogP contribution in [0.1, 0.15) is 5.69 Å². The first kappa shape index (κ1) is 14.1. The van der Waals surface area contributed by atoms with E-state index in [-0.39, 0.29) is 5.75 Å². The summed E-state index contributed by atoms with van der Waals surface area (Å²) >= 11 is 0. The first-order valence-electron chi connectivity index (χ1n) is 5.47. The zero-order valence-electron chi connectivity index (χ0n) is 10.3. The lowest BCUT2D eigenvalue weighted by Gasteiger charge is -2.13. The van der Waals surface area contributed by atoms with Gasteiger partial charge in [-0.25, -0.2) is 13.4 Å². The minimum Gasteiger partial charge on any atom is -0.336 e. The second-order valence-electron chi connectivity index (χ2n) is 4.26. The topological polar surface area (TPSA) is 81.2 Å². The van der Waals surface area contributed by atoms with Crippen molar-refractivity contribution in [3.63, 3.8) is 0 Å². The lowest BCUT2D eigenvalue weighted by Crippen LogP contribution is -2.25. The van der Waals surface area contributed by atoms with Crippen LogP contribution in [-0.2, 0) is 22.9 Å². The molecule has 0 fully saturated rings. The minimum absolute atomic E-state index is 0.174. The summed E-state index contributed by atoms with van der Waals surface area (Å²) in [5, 5.41) is 0. The third-order valence-electron chi connectivity index (χ3n) is 2.35. The average Bonchev–Trinajstić information content (AvgIpc) is 2.62. The zero-order chi connectivity index (χ0) is 12.9. The fraction of sp³-hybridized carbons (Fsp3) is 0.700. The Labute approximate surface area is 102 Å². The van der Waals surface area contributed by atoms with Gasteiger partial charge in [0.25, 0.3) is 0 Å². The molecule has 0 unspecified atom stereocenters. The highest BCUT2D eigenvalue weighted by molar-refractivity contribution is 7.90. The average molecular weight is 260 g/mol.